The molecule has 0 radical (unpaired) electrons. The molecule has 20 heavy (non-hydrogen) atoms. The maximum atomic E-state index is 13.6. The summed E-state index contributed by atoms with van der Waals surface area (Å²) in [6.07, 6.45) is 0. The monoisotopic (exact) mass is 281 g/mol. The summed E-state index contributed by atoms with van der Waals surface area (Å²) in [6.45, 7) is 3.54. The van der Waals surface area contributed by atoms with E-state index >= 15 is 0 Å². The zero-order valence-electron chi connectivity index (χ0n) is 11.0. The maximum absolute atomic E-state index is 13.6. The molecule has 2 rings (SSSR count). The van der Waals surface area contributed by atoms with Crippen molar-refractivity contribution in [1.29, 1.82) is 0 Å². The topological polar surface area (TPSA) is 32.3 Å². The average molecular weight is 281 g/mol. The molecule has 1 atom stereocenters. The Hall–Kier alpha value is -2.17. The number of phenols is 1. The first kappa shape index (κ1) is 14.2. The summed E-state index contributed by atoms with van der Waals surface area (Å²) >= 11 is 0. The summed E-state index contributed by atoms with van der Waals surface area (Å²) in [5.74, 6) is -3.97. The van der Waals surface area contributed by atoms with Crippen LogP contribution in [0.4, 0.5) is 18.9 Å². The van der Waals surface area contributed by atoms with Gasteiger partial charge in [-0.3, -0.25) is 0 Å². The molecule has 0 amide bonds. The molecule has 0 aliphatic rings. The van der Waals surface area contributed by atoms with Gasteiger partial charge in [-0.15, -0.1) is 0 Å². The number of aromatic hydroxyl groups is 1. The molecular formula is C15H14F3NO. The van der Waals surface area contributed by atoms with Crippen molar-refractivity contribution in [2.75, 3.05) is 5.32 Å². The van der Waals surface area contributed by atoms with E-state index in [1.165, 1.54) is 6.07 Å². The van der Waals surface area contributed by atoms with Gasteiger partial charge in [-0.2, -0.15) is 0 Å². The Morgan fingerprint density at radius 2 is 1.75 bits per heavy atom. The smallest absolute Gasteiger partial charge is 0.196 e. The molecule has 0 bridgehead atoms. The van der Waals surface area contributed by atoms with Crippen molar-refractivity contribution >= 4 is 5.69 Å². The quantitative estimate of drug-likeness (QED) is 0.822. The summed E-state index contributed by atoms with van der Waals surface area (Å²) in [4.78, 5) is 0. The van der Waals surface area contributed by atoms with E-state index in [1.54, 1.807) is 19.1 Å². The third-order valence-corrected chi connectivity index (χ3v) is 3.06. The molecule has 106 valence electrons. The predicted octanol–water partition coefficient (Wildman–Crippen LogP) is 4.29. The normalized spacial score (nSPS) is 12.2. The highest BCUT2D eigenvalue weighted by Crippen LogP contribution is 2.29. The Balaban J connectivity index is 2.30. The third kappa shape index (κ3) is 2.71. The molecule has 0 saturated heterocycles. The lowest BCUT2D eigenvalue weighted by atomic mass is 10.0. The highest BCUT2D eigenvalue weighted by molar-refractivity contribution is 5.49. The van der Waals surface area contributed by atoms with Gasteiger partial charge in [0.25, 0.3) is 0 Å². The SMILES string of the molecule is Cc1ccc(O)c(C(C)Nc2ccc(F)c(F)c2F)c1. The number of hydrogen-bond donors (Lipinski definition) is 2. The first-order chi connectivity index (χ1) is 9.40. The first-order valence-corrected chi connectivity index (χ1v) is 6.09. The summed E-state index contributed by atoms with van der Waals surface area (Å²) in [7, 11) is 0. The highest BCUT2D eigenvalue weighted by atomic mass is 19.2. The van der Waals surface area contributed by atoms with Gasteiger partial charge in [0.1, 0.15) is 5.75 Å². The molecule has 0 aliphatic carbocycles. The molecule has 5 heteroatoms. The van der Waals surface area contributed by atoms with Crippen LogP contribution in [-0.4, -0.2) is 5.11 Å². The summed E-state index contributed by atoms with van der Waals surface area (Å²) in [6, 6.07) is 6.52. The molecule has 0 spiro atoms. The van der Waals surface area contributed by atoms with Gasteiger partial charge in [0, 0.05) is 5.56 Å². The predicted molar refractivity (Wildman–Crippen MR) is 71.2 cm³/mol. The number of benzene rings is 2. The molecule has 0 fully saturated rings. The number of rotatable bonds is 3. The number of anilines is 1. The van der Waals surface area contributed by atoms with E-state index in [1.807, 2.05) is 6.92 Å². The van der Waals surface area contributed by atoms with Crippen LogP contribution in [-0.2, 0) is 0 Å². The van der Waals surface area contributed by atoms with Crippen molar-refractivity contribution in [1.82, 2.24) is 0 Å². The lowest BCUT2D eigenvalue weighted by molar-refractivity contribution is 0.447. The van der Waals surface area contributed by atoms with Crippen molar-refractivity contribution in [3.05, 3.63) is 58.9 Å². The molecule has 2 N–H and O–H groups in total. The molecule has 0 heterocycles. The molecule has 0 aromatic heterocycles. The van der Waals surface area contributed by atoms with E-state index in [0.717, 1.165) is 17.7 Å². The average Bonchev–Trinajstić information content (AvgIpc) is 2.42. The Morgan fingerprint density at radius 1 is 1.05 bits per heavy atom. The Kier molecular flexibility index (Phi) is 3.88. The van der Waals surface area contributed by atoms with Crippen LogP contribution < -0.4 is 5.32 Å². The van der Waals surface area contributed by atoms with Gasteiger partial charge >= 0.3 is 0 Å². The van der Waals surface area contributed by atoms with Crippen molar-refractivity contribution in [2.45, 2.75) is 19.9 Å². The fourth-order valence-electron chi connectivity index (χ4n) is 1.97. The minimum Gasteiger partial charge on any atom is -0.508 e. The van der Waals surface area contributed by atoms with Gasteiger partial charge in [-0.1, -0.05) is 17.7 Å². The Morgan fingerprint density at radius 3 is 2.45 bits per heavy atom. The fraction of sp³-hybridized carbons (Fsp3) is 0.200. The zero-order valence-corrected chi connectivity index (χ0v) is 11.0. The molecular weight excluding hydrogens is 267 g/mol. The minimum absolute atomic E-state index is 0.0543. The van der Waals surface area contributed by atoms with E-state index < -0.39 is 23.5 Å². The highest BCUT2D eigenvalue weighted by Gasteiger charge is 2.17. The van der Waals surface area contributed by atoms with E-state index in [0.29, 0.717) is 5.56 Å². The molecule has 2 aromatic carbocycles. The minimum atomic E-state index is -1.52. The second-order valence-electron chi connectivity index (χ2n) is 4.65. The van der Waals surface area contributed by atoms with E-state index in [4.69, 9.17) is 0 Å². The van der Waals surface area contributed by atoms with Gasteiger partial charge in [-0.25, -0.2) is 13.2 Å². The van der Waals surface area contributed by atoms with Crippen LogP contribution in [0.2, 0.25) is 0 Å². The van der Waals surface area contributed by atoms with Gasteiger partial charge in [0.2, 0.25) is 0 Å². The fourth-order valence-corrected chi connectivity index (χ4v) is 1.97. The second-order valence-corrected chi connectivity index (χ2v) is 4.65. The van der Waals surface area contributed by atoms with Crippen molar-refractivity contribution in [2.24, 2.45) is 0 Å². The van der Waals surface area contributed by atoms with Gasteiger partial charge < -0.3 is 10.4 Å². The van der Waals surface area contributed by atoms with Crippen LogP contribution in [0, 0.1) is 24.4 Å². The Bertz CT molecular complexity index is 643. The lowest BCUT2D eigenvalue weighted by Crippen LogP contribution is -2.09. The second kappa shape index (κ2) is 5.45. The maximum Gasteiger partial charge on any atom is 0.196 e. The van der Waals surface area contributed by atoms with Gasteiger partial charge in [-0.05, 0) is 32.0 Å². The first-order valence-electron chi connectivity index (χ1n) is 6.09. The van der Waals surface area contributed by atoms with Crippen molar-refractivity contribution in [3.8, 4) is 5.75 Å². The standard InChI is InChI=1S/C15H14F3NO/c1-8-3-6-13(20)10(7-8)9(2)19-12-5-4-11(16)14(17)15(12)18/h3-7,9,19-20H,1-2H3. The van der Waals surface area contributed by atoms with Crippen LogP contribution >= 0.6 is 0 Å². The van der Waals surface area contributed by atoms with Crippen molar-refractivity contribution in [3.63, 3.8) is 0 Å². The molecule has 2 aromatic rings. The number of phenolic OH excluding ortho intramolecular Hbond substituents is 1. The molecule has 0 saturated carbocycles. The van der Waals surface area contributed by atoms with Gasteiger partial charge in [0.15, 0.2) is 17.5 Å². The molecule has 2 nitrogen and oxygen atoms in total. The Labute approximate surface area is 114 Å². The largest absolute Gasteiger partial charge is 0.508 e. The van der Waals surface area contributed by atoms with Gasteiger partial charge in [0.05, 0.1) is 11.7 Å². The van der Waals surface area contributed by atoms with E-state index in [2.05, 4.69) is 5.32 Å². The summed E-state index contributed by atoms with van der Waals surface area (Å²) in [5, 5.41) is 12.5. The van der Waals surface area contributed by atoms with Crippen LogP contribution in [0.5, 0.6) is 5.75 Å². The number of aryl methyl sites for hydroxylation is 1. The lowest BCUT2D eigenvalue weighted by Gasteiger charge is -2.18. The summed E-state index contributed by atoms with van der Waals surface area (Å²) in [5.41, 5.74) is 1.32. The van der Waals surface area contributed by atoms with Crippen molar-refractivity contribution < 1.29 is 18.3 Å². The molecule has 0 aliphatic heterocycles. The number of hydrogen-bond acceptors (Lipinski definition) is 2. The molecule has 1 unspecified atom stereocenters. The number of halogens is 3. The third-order valence-electron chi connectivity index (χ3n) is 3.06. The number of nitrogens with one attached hydrogen (secondary N) is 1. The summed E-state index contributed by atoms with van der Waals surface area (Å²) < 4.78 is 39.6. The van der Waals surface area contributed by atoms with Crippen LogP contribution in [0.1, 0.15) is 24.1 Å². The zero-order chi connectivity index (χ0) is 14.9. The van der Waals surface area contributed by atoms with Crippen LogP contribution in [0.3, 0.4) is 0 Å². The van der Waals surface area contributed by atoms with Crippen LogP contribution in [0.25, 0.3) is 0 Å². The van der Waals surface area contributed by atoms with Crippen LogP contribution in [0.15, 0.2) is 30.3 Å². The van der Waals surface area contributed by atoms with E-state index in [-0.39, 0.29) is 11.4 Å². The van der Waals surface area contributed by atoms with E-state index in [9.17, 15) is 18.3 Å².